The first kappa shape index (κ1) is 27.6. The van der Waals surface area contributed by atoms with Gasteiger partial charge in [-0.2, -0.15) is 0 Å². The third kappa shape index (κ3) is 6.95. The zero-order valence-corrected chi connectivity index (χ0v) is 26.2. The number of nitrogens with one attached hydrogen (secondary N) is 1. The summed E-state index contributed by atoms with van der Waals surface area (Å²) in [6.45, 7) is 13.4. The molecule has 0 aliphatic heterocycles. The van der Waals surface area contributed by atoms with Gasteiger partial charge in [0, 0.05) is 20.1 Å². The van der Waals surface area contributed by atoms with Gasteiger partial charge in [-0.3, -0.25) is 0 Å². The van der Waals surface area contributed by atoms with E-state index in [9.17, 15) is 5.41 Å². The van der Waals surface area contributed by atoms with Gasteiger partial charge in [-0.15, -0.1) is 0 Å². The van der Waals surface area contributed by atoms with Crippen molar-refractivity contribution in [1.29, 1.82) is 0 Å². The number of rotatable bonds is 8. The zero-order valence-electron chi connectivity index (χ0n) is 20.3. The van der Waals surface area contributed by atoms with Crippen LogP contribution in [0.15, 0.2) is 70.1 Å². The van der Waals surface area contributed by atoms with E-state index in [2.05, 4.69) is 89.3 Å². The second-order valence-electron chi connectivity index (χ2n) is 8.89. The molecular weight excluding hydrogens is 778 g/mol. The molecule has 0 aliphatic carbocycles. The maximum atomic E-state index is 10.5. The van der Waals surface area contributed by atoms with Crippen LogP contribution in [0.25, 0.3) is 5.41 Å². The van der Waals surface area contributed by atoms with Gasteiger partial charge in [0.05, 0.1) is 0 Å². The Labute approximate surface area is 221 Å². The van der Waals surface area contributed by atoms with Crippen LogP contribution >= 0.6 is 0 Å². The van der Waals surface area contributed by atoms with Gasteiger partial charge in [-0.1, -0.05) is 0 Å². The van der Waals surface area contributed by atoms with Crippen molar-refractivity contribution >= 4 is 40.2 Å². The Morgan fingerprint density at radius 3 is 1.85 bits per heavy atom. The van der Waals surface area contributed by atoms with Gasteiger partial charge in [0.25, 0.3) is 0 Å². The van der Waals surface area contributed by atoms with Crippen LogP contribution in [-0.4, -0.2) is 28.0 Å². The fourth-order valence-corrected chi connectivity index (χ4v) is 14.5. The monoisotopic (exact) mass is 811 g/mol. The van der Waals surface area contributed by atoms with Gasteiger partial charge in [-0.25, -0.2) is 0 Å². The number of allylic oxidation sites excluding steroid dienone is 1. The number of hydrogen-bond acceptors (Lipinski definition) is 1. The molecule has 0 fully saturated rings. The van der Waals surface area contributed by atoms with Crippen molar-refractivity contribution in [1.82, 2.24) is 0 Å². The Kier molecular flexibility index (Phi) is 10.7. The van der Waals surface area contributed by atoms with E-state index in [0.717, 1.165) is 8.97 Å². The first-order chi connectivity index (χ1) is 15.3. The molecule has 0 aromatic heterocycles. The molecule has 3 aromatic rings. The first-order valence-corrected chi connectivity index (χ1v) is 16.5. The van der Waals surface area contributed by atoms with Crippen LogP contribution in [0.2, 0.25) is 0 Å². The minimum Gasteiger partial charge on any atom is 0 e. The van der Waals surface area contributed by atoms with Crippen molar-refractivity contribution in [2.75, 3.05) is 5.32 Å². The quantitative estimate of drug-likeness (QED) is 0.166. The molecule has 1 radical (unpaired) electrons. The Bertz CT molecular complexity index is 1050. The number of hydrogen-bond donors (Lipinski definition) is 1. The second-order valence-corrected chi connectivity index (χ2v) is 17.2. The molecule has 0 unspecified atom stereocenters. The van der Waals surface area contributed by atoms with Gasteiger partial charge < -0.3 is 0 Å². The SMILES string of the molecule is Cc1cc[c]([Bi](/[C](C=[N-])=C/Nc2[c-]cccc2)[c]2ccc(C)cc2C(C)C)c(C(C)C)c1.[Ir]. The molecular formula is C29H33BiIrN2-2. The summed E-state index contributed by atoms with van der Waals surface area (Å²) in [7, 11) is 0. The van der Waals surface area contributed by atoms with E-state index in [1.807, 2.05) is 30.5 Å². The van der Waals surface area contributed by atoms with Crippen LogP contribution in [0.4, 0.5) is 5.69 Å². The third-order valence-corrected chi connectivity index (χ3v) is 15.4. The maximum Gasteiger partial charge on any atom is 0 e. The predicted molar refractivity (Wildman–Crippen MR) is 142 cm³/mol. The molecule has 175 valence electrons. The standard InChI is InChI=1S/2C10H13.C9H7N2.Bi.Ir/c2*1-8(2)10-6-4-5-9(3)7-10;10-7-4-8-11-9-5-2-1-3-6-9;;/h2*4-5,7-8H,1-3H3;1-3,5,7-8,11H;;/q;;-2;;. The fraction of sp³-hybridized carbons (Fsp3) is 0.276. The van der Waals surface area contributed by atoms with Crippen LogP contribution in [0, 0.1) is 19.9 Å². The number of aryl methyl sites for hydroxylation is 2. The second kappa shape index (κ2) is 12.8. The van der Waals surface area contributed by atoms with Crippen molar-refractivity contribution in [2.24, 2.45) is 0 Å². The van der Waals surface area contributed by atoms with Gasteiger partial charge in [0.15, 0.2) is 0 Å². The fourth-order valence-electron chi connectivity index (χ4n) is 3.88. The van der Waals surface area contributed by atoms with E-state index < -0.39 is 21.8 Å². The predicted octanol–water partition coefficient (Wildman–Crippen LogP) is 6.13. The van der Waals surface area contributed by atoms with Crippen molar-refractivity contribution < 1.29 is 20.1 Å². The van der Waals surface area contributed by atoms with E-state index in [4.69, 9.17) is 0 Å². The molecule has 3 aromatic carbocycles. The van der Waals surface area contributed by atoms with Crippen LogP contribution in [0.3, 0.4) is 0 Å². The molecule has 0 bridgehead atoms. The van der Waals surface area contributed by atoms with E-state index in [1.54, 1.807) is 0 Å². The number of para-hydroxylation sites is 1. The van der Waals surface area contributed by atoms with Gasteiger partial charge in [0.1, 0.15) is 0 Å². The summed E-state index contributed by atoms with van der Waals surface area (Å²) < 4.78 is 3.89. The van der Waals surface area contributed by atoms with Crippen LogP contribution in [0.1, 0.15) is 61.8 Å². The maximum absolute atomic E-state index is 10.5. The molecule has 2 nitrogen and oxygen atoms in total. The molecule has 0 heterocycles. The largest absolute Gasteiger partial charge is 0 e. The van der Waals surface area contributed by atoms with E-state index >= 15 is 0 Å². The van der Waals surface area contributed by atoms with Gasteiger partial charge >= 0.3 is 203 Å². The molecule has 4 heteroatoms. The number of anilines is 1. The molecule has 0 atom stereocenters. The Balaban J connectivity index is 0.00000385. The third-order valence-electron chi connectivity index (χ3n) is 5.57. The molecule has 0 saturated carbocycles. The molecule has 0 spiro atoms. The molecule has 0 amide bonds. The Morgan fingerprint density at radius 2 is 1.42 bits per heavy atom. The van der Waals surface area contributed by atoms with Crippen LogP contribution in [-0.2, 0) is 20.1 Å². The summed E-state index contributed by atoms with van der Waals surface area (Å²) in [4.78, 5) is 0. The van der Waals surface area contributed by atoms with Crippen molar-refractivity contribution in [3.8, 4) is 0 Å². The molecule has 0 aliphatic rings. The van der Waals surface area contributed by atoms with Gasteiger partial charge in [0.2, 0.25) is 0 Å². The minimum absolute atomic E-state index is 0. The summed E-state index contributed by atoms with van der Waals surface area (Å²) in [6, 6.07) is 24.8. The van der Waals surface area contributed by atoms with E-state index in [-0.39, 0.29) is 20.1 Å². The smallest absolute Gasteiger partial charge is 0 e. The molecule has 3 rings (SSSR count). The number of nitrogens with zero attached hydrogens (tertiary/aromatic N) is 1. The first-order valence-electron chi connectivity index (χ1n) is 11.2. The van der Waals surface area contributed by atoms with E-state index in [0.29, 0.717) is 11.8 Å². The summed E-state index contributed by atoms with van der Waals surface area (Å²) in [6.07, 6.45) is 3.33. The van der Waals surface area contributed by atoms with Crippen molar-refractivity contribution in [3.63, 3.8) is 0 Å². The zero-order chi connectivity index (χ0) is 23.3. The normalized spacial score (nSPS) is 11.6. The van der Waals surface area contributed by atoms with Gasteiger partial charge in [-0.05, 0) is 0 Å². The van der Waals surface area contributed by atoms with Crippen molar-refractivity contribution in [3.05, 3.63) is 104 Å². The average Bonchev–Trinajstić information content (AvgIpc) is 2.78. The van der Waals surface area contributed by atoms with E-state index in [1.165, 1.54) is 35.0 Å². The topological polar surface area (TPSA) is 34.3 Å². The minimum atomic E-state index is -2.83. The summed E-state index contributed by atoms with van der Waals surface area (Å²) in [5.41, 5.74) is 6.26. The molecule has 33 heavy (non-hydrogen) atoms. The molecule has 1 N–H and O–H groups in total. The number of benzene rings is 3. The van der Waals surface area contributed by atoms with Crippen LogP contribution < -0.4 is 11.9 Å². The Morgan fingerprint density at radius 1 is 0.879 bits per heavy atom. The van der Waals surface area contributed by atoms with Crippen LogP contribution in [0.5, 0.6) is 0 Å². The average molecular weight is 811 g/mol. The summed E-state index contributed by atoms with van der Waals surface area (Å²) in [5.74, 6) is 0.844. The Hall–Kier alpha value is -1.60. The summed E-state index contributed by atoms with van der Waals surface area (Å²) >= 11 is -2.83. The summed E-state index contributed by atoms with van der Waals surface area (Å²) in [5, 5.41) is 13.9. The molecule has 0 saturated heterocycles. The van der Waals surface area contributed by atoms with Crippen molar-refractivity contribution in [2.45, 2.75) is 53.4 Å².